The molecule has 0 aliphatic carbocycles. The highest BCUT2D eigenvalue weighted by atomic mass is 16.5. The molecule has 2 aliphatic rings. The van der Waals surface area contributed by atoms with Crippen molar-refractivity contribution in [3.8, 4) is 22.5 Å². The number of amides is 1. The zero-order valence-corrected chi connectivity index (χ0v) is 22.7. The molecule has 2 fully saturated rings. The van der Waals surface area contributed by atoms with Crippen LogP contribution < -0.4 is 20.9 Å². The zero-order valence-electron chi connectivity index (χ0n) is 22.7. The van der Waals surface area contributed by atoms with Crippen molar-refractivity contribution in [2.45, 2.75) is 6.92 Å². The van der Waals surface area contributed by atoms with Gasteiger partial charge in [0.15, 0.2) is 11.6 Å². The van der Waals surface area contributed by atoms with E-state index in [0.717, 1.165) is 54.5 Å². The van der Waals surface area contributed by atoms with Crippen LogP contribution in [0.5, 0.6) is 0 Å². The quantitative estimate of drug-likeness (QED) is 0.385. The van der Waals surface area contributed by atoms with Gasteiger partial charge in [-0.2, -0.15) is 0 Å². The van der Waals surface area contributed by atoms with Crippen molar-refractivity contribution in [3.05, 3.63) is 42.9 Å². The summed E-state index contributed by atoms with van der Waals surface area (Å²) in [5.74, 6) is 1.33. The summed E-state index contributed by atoms with van der Waals surface area (Å²) in [5.41, 5.74) is 11.4. The summed E-state index contributed by atoms with van der Waals surface area (Å²) in [6.07, 6.45) is 5.09. The van der Waals surface area contributed by atoms with Crippen LogP contribution in [0.25, 0.3) is 33.5 Å². The fourth-order valence-electron chi connectivity index (χ4n) is 5.07. The highest BCUT2D eigenvalue weighted by molar-refractivity contribution is 5.95. The normalized spacial score (nSPS) is 16.4. The maximum atomic E-state index is 12.1. The molecule has 2 aliphatic heterocycles. The number of nitrogens with zero attached hydrogens (tertiary/aromatic N) is 8. The summed E-state index contributed by atoms with van der Waals surface area (Å²) in [6, 6.07) is 8.17. The number of carbonyl (C=O) groups is 1. The van der Waals surface area contributed by atoms with Crippen LogP contribution >= 0.6 is 0 Å². The lowest BCUT2D eigenvalue weighted by molar-refractivity contribution is -0.114. The van der Waals surface area contributed by atoms with Crippen molar-refractivity contribution in [2.75, 3.05) is 80.4 Å². The molecule has 1 amide bonds. The molecule has 0 unspecified atom stereocenters. The first-order chi connectivity index (χ1) is 19.4. The molecule has 6 rings (SSSR count). The van der Waals surface area contributed by atoms with Gasteiger partial charge in [0.1, 0.15) is 5.52 Å². The van der Waals surface area contributed by atoms with E-state index in [9.17, 15) is 4.79 Å². The van der Waals surface area contributed by atoms with Gasteiger partial charge in [-0.3, -0.25) is 9.78 Å². The lowest BCUT2D eigenvalue weighted by Crippen LogP contribution is -2.44. The number of nitrogens with two attached hydrogens (primary N) is 1. The van der Waals surface area contributed by atoms with Gasteiger partial charge in [-0.15, -0.1) is 0 Å². The second-order valence-corrected chi connectivity index (χ2v) is 10.1. The Kier molecular flexibility index (Phi) is 7.10. The van der Waals surface area contributed by atoms with E-state index in [0.29, 0.717) is 48.7 Å². The Morgan fingerprint density at radius 1 is 0.875 bits per heavy atom. The van der Waals surface area contributed by atoms with E-state index >= 15 is 0 Å². The largest absolute Gasteiger partial charge is 0.378 e. The van der Waals surface area contributed by atoms with Gasteiger partial charge in [0.2, 0.25) is 11.9 Å². The average Bonchev–Trinajstić information content (AvgIpc) is 2.97. The second kappa shape index (κ2) is 11.0. The molecule has 0 spiro atoms. The third-order valence-corrected chi connectivity index (χ3v) is 7.24. The Hall–Kier alpha value is -4.42. The molecule has 5 heterocycles. The maximum Gasteiger partial charge on any atom is 0.221 e. The third-order valence-electron chi connectivity index (χ3n) is 7.24. The molecule has 206 valence electrons. The van der Waals surface area contributed by atoms with Crippen LogP contribution in [0, 0.1) is 0 Å². The molecule has 4 aromatic rings. The summed E-state index contributed by atoms with van der Waals surface area (Å²) < 4.78 is 5.56. The standard InChI is InChI=1S/C28H32N10O2/c1-18(39)33-22-13-19(3-4-24(22)37-7-5-36(2)6-8-37)20-14-23-25(30-15-20)27(38-9-11-40-12-10-38)35-26(34-23)21-16-31-28(29)32-17-21/h3-4,13-17H,5-12H2,1-2H3,(H,33,39)(H2,29,31,32). The number of fused-ring (bicyclic) bond motifs is 1. The molecule has 40 heavy (non-hydrogen) atoms. The number of ether oxygens (including phenoxy) is 1. The molecular weight excluding hydrogens is 508 g/mol. The molecule has 0 bridgehead atoms. The Morgan fingerprint density at radius 3 is 2.33 bits per heavy atom. The van der Waals surface area contributed by atoms with Gasteiger partial charge in [-0.1, -0.05) is 6.07 Å². The first-order valence-corrected chi connectivity index (χ1v) is 13.4. The maximum absolute atomic E-state index is 12.1. The number of aromatic nitrogens is 5. The number of likely N-dealkylation sites (N-methyl/N-ethyl adjacent to an activating group) is 1. The Morgan fingerprint density at radius 2 is 1.60 bits per heavy atom. The van der Waals surface area contributed by atoms with Crippen LogP contribution in [-0.4, -0.2) is 95.3 Å². The molecule has 3 aromatic heterocycles. The Labute approximate surface area is 232 Å². The lowest BCUT2D eigenvalue weighted by Gasteiger charge is -2.35. The van der Waals surface area contributed by atoms with Gasteiger partial charge >= 0.3 is 0 Å². The molecule has 12 nitrogen and oxygen atoms in total. The summed E-state index contributed by atoms with van der Waals surface area (Å²) >= 11 is 0. The highest BCUT2D eigenvalue weighted by Gasteiger charge is 2.21. The van der Waals surface area contributed by atoms with Crippen molar-refractivity contribution < 1.29 is 9.53 Å². The SMILES string of the molecule is CC(=O)Nc1cc(-c2cnc3c(N4CCOCC4)nc(-c4cnc(N)nc4)nc3c2)ccc1N1CCN(C)CC1. The van der Waals surface area contributed by atoms with Crippen molar-refractivity contribution in [1.29, 1.82) is 0 Å². The lowest BCUT2D eigenvalue weighted by atomic mass is 10.0. The Bertz CT molecular complexity index is 1530. The molecule has 12 heteroatoms. The number of piperazine rings is 1. The van der Waals surface area contributed by atoms with E-state index in [1.807, 2.05) is 18.3 Å². The fourth-order valence-corrected chi connectivity index (χ4v) is 5.07. The van der Waals surface area contributed by atoms with E-state index in [2.05, 4.69) is 49.2 Å². The molecular formula is C28H32N10O2. The number of benzene rings is 1. The third kappa shape index (κ3) is 5.36. The van der Waals surface area contributed by atoms with E-state index < -0.39 is 0 Å². The van der Waals surface area contributed by atoms with E-state index in [-0.39, 0.29) is 11.9 Å². The minimum absolute atomic E-state index is 0.109. The van der Waals surface area contributed by atoms with Crippen LogP contribution in [0.2, 0.25) is 0 Å². The number of nitrogens with one attached hydrogen (secondary N) is 1. The van der Waals surface area contributed by atoms with Gasteiger partial charge in [-0.05, 0) is 30.8 Å². The number of carbonyl (C=O) groups excluding carboxylic acids is 1. The number of nitrogen functional groups attached to an aromatic ring is 1. The van der Waals surface area contributed by atoms with E-state index in [4.69, 9.17) is 25.4 Å². The van der Waals surface area contributed by atoms with Crippen molar-refractivity contribution in [2.24, 2.45) is 0 Å². The molecule has 1 aromatic carbocycles. The number of morpholine rings is 1. The highest BCUT2D eigenvalue weighted by Crippen LogP contribution is 2.34. The fraction of sp³-hybridized carbons (Fsp3) is 0.357. The predicted octanol–water partition coefficient (Wildman–Crippen LogP) is 2.28. The van der Waals surface area contributed by atoms with Crippen LogP contribution in [0.1, 0.15) is 6.92 Å². The van der Waals surface area contributed by atoms with E-state index in [1.54, 1.807) is 12.4 Å². The number of rotatable bonds is 5. The summed E-state index contributed by atoms with van der Waals surface area (Å²) in [7, 11) is 2.13. The van der Waals surface area contributed by atoms with Gasteiger partial charge in [0.05, 0.1) is 35.7 Å². The summed E-state index contributed by atoms with van der Waals surface area (Å²) in [5, 5.41) is 3.03. The second-order valence-electron chi connectivity index (χ2n) is 10.1. The summed E-state index contributed by atoms with van der Waals surface area (Å²) in [4.78, 5) is 41.7. The number of anilines is 4. The molecule has 0 radical (unpaired) electrons. The van der Waals surface area contributed by atoms with Crippen molar-refractivity contribution >= 4 is 40.1 Å². The number of hydrogen-bond donors (Lipinski definition) is 2. The minimum atomic E-state index is -0.109. The van der Waals surface area contributed by atoms with Crippen LogP contribution in [0.15, 0.2) is 42.9 Å². The van der Waals surface area contributed by atoms with Crippen LogP contribution in [0.4, 0.5) is 23.1 Å². The van der Waals surface area contributed by atoms with Crippen LogP contribution in [0.3, 0.4) is 0 Å². The molecule has 2 saturated heterocycles. The van der Waals surface area contributed by atoms with Crippen molar-refractivity contribution in [3.63, 3.8) is 0 Å². The summed E-state index contributed by atoms with van der Waals surface area (Å²) in [6.45, 7) is 7.94. The Balaban J connectivity index is 1.43. The zero-order chi connectivity index (χ0) is 27.6. The monoisotopic (exact) mass is 540 g/mol. The molecule has 3 N–H and O–H groups in total. The first-order valence-electron chi connectivity index (χ1n) is 13.4. The molecule has 0 atom stereocenters. The van der Waals surface area contributed by atoms with Crippen molar-refractivity contribution in [1.82, 2.24) is 29.8 Å². The first kappa shape index (κ1) is 25.8. The van der Waals surface area contributed by atoms with Gasteiger partial charge in [0, 0.05) is 70.3 Å². The molecule has 0 saturated carbocycles. The van der Waals surface area contributed by atoms with Gasteiger partial charge < -0.3 is 30.5 Å². The topological polar surface area (TPSA) is 139 Å². The number of pyridine rings is 1. The van der Waals surface area contributed by atoms with E-state index in [1.165, 1.54) is 6.92 Å². The minimum Gasteiger partial charge on any atom is -0.378 e. The number of hydrogen-bond acceptors (Lipinski definition) is 11. The smallest absolute Gasteiger partial charge is 0.221 e. The van der Waals surface area contributed by atoms with Gasteiger partial charge in [-0.25, -0.2) is 19.9 Å². The average molecular weight is 541 g/mol. The van der Waals surface area contributed by atoms with Gasteiger partial charge in [0.25, 0.3) is 0 Å². The van der Waals surface area contributed by atoms with Crippen LogP contribution in [-0.2, 0) is 9.53 Å². The predicted molar refractivity (Wildman–Crippen MR) is 155 cm³/mol.